The molecule has 1 rings (SSSR count). The van der Waals surface area contributed by atoms with Crippen LogP contribution < -0.4 is 0 Å². The Morgan fingerprint density at radius 1 is 1.00 bits per heavy atom. The summed E-state index contributed by atoms with van der Waals surface area (Å²) < 4.78 is 9.49. The quantitative estimate of drug-likeness (QED) is 0.247. The molecule has 7 heteroatoms. The molecule has 0 fully saturated rings. The number of hydrogen-bond acceptors (Lipinski definition) is 7. The van der Waals surface area contributed by atoms with Crippen molar-refractivity contribution in [1.29, 1.82) is 0 Å². The summed E-state index contributed by atoms with van der Waals surface area (Å²) >= 11 is 0. The lowest BCUT2D eigenvalue weighted by Gasteiger charge is -2.07. The Bertz CT molecular complexity index is 532. The van der Waals surface area contributed by atoms with Gasteiger partial charge in [0.15, 0.2) is 17.2 Å². The van der Waals surface area contributed by atoms with Crippen LogP contribution in [0.1, 0.15) is 19.4 Å². The number of carbonyl (C=O) groups is 2. The van der Waals surface area contributed by atoms with E-state index in [1.165, 1.54) is 0 Å². The lowest BCUT2D eigenvalue weighted by Crippen LogP contribution is -2.18. The predicted octanol–water partition coefficient (Wildman–Crippen LogP) is 1.31. The van der Waals surface area contributed by atoms with Crippen molar-refractivity contribution < 1.29 is 34.4 Å². The average Bonchev–Trinajstić information content (AvgIpc) is 2.42. The monoisotopic (exact) mass is 296 g/mol. The maximum Gasteiger partial charge on any atom is 0.345 e. The predicted molar refractivity (Wildman–Crippen MR) is 72.7 cm³/mol. The number of rotatable bonds is 5. The third-order valence-corrected chi connectivity index (χ3v) is 2.39. The number of benzene rings is 1. The molecular weight excluding hydrogens is 280 g/mol. The SMILES string of the molecule is CCOC(=O)C(=Cc1cc(O)c(O)c(O)c1)C(=O)OCC. The summed E-state index contributed by atoms with van der Waals surface area (Å²) in [7, 11) is 0. The summed E-state index contributed by atoms with van der Waals surface area (Å²) in [6.07, 6.45) is 1.09. The van der Waals surface area contributed by atoms with Gasteiger partial charge in [-0.1, -0.05) is 0 Å². The van der Waals surface area contributed by atoms with Crippen molar-refractivity contribution >= 4 is 18.0 Å². The second-order valence-corrected chi connectivity index (χ2v) is 3.91. The van der Waals surface area contributed by atoms with Gasteiger partial charge in [0, 0.05) is 0 Å². The highest BCUT2D eigenvalue weighted by atomic mass is 16.6. The van der Waals surface area contributed by atoms with Crippen LogP contribution in [0.3, 0.4) is 0 Å². The Morgan fingerprint density at radius 2 is 1.43 bits per heavy atom. The Morgan fingerprint density at radius 3 is 1.81 bits per heavy atom. The molecule has 1 aromatic carbocycles. The van der Waals surface area contributed by atoms with Crippen molar-refractivity contribution in [2.24, 2.45) is 0 Å². The Kier molecular flexibility index (Phi) is 5.59. The lowest BCUT2D eigenvalue weighted by atomic mass is 10.1. The first kappa shape index (κ1) is 16.4. The van der Waals surface area contributed by atoms with E-state index < -0.39 is 29.2 Å². The van der Waals surface area contributed by atoms with Gasteiger partial charge in [-0.05, 0) is 37.6 Å². The molecule has 114 valence electrons. The number of esters is 2. The molecule has 1 aromatic rings. The summed E-state index contributed by atoms with van der Waals surface area (Å²) in [5, 5.41) is 28.1. The van der Waals surface area contributed by atoms with E-state index in [1.54, 1.807) is 13.8 Å². The third kappa shape index (κ3) is 4.13. The van der Waals surface area contributed by atoms with E-state index in [1.807, 2.05) is 0 Å². The minimum atomic E-state index is -0.886. The molecule has 0 radical (unpaired) electrons. The first-order chi connectivity index (χ1) is 9.90. The minimum Gasteiger partial charge on any atom is -0.504 e. The maximum atomic E-state index is 11.7. The first-order valence-corrected chi connectivity index (χ1v) is 6.21. The molecule has 0 bridgehead atoms. The van der Waals surface area contributed by atoms with Crippen LogP contribution in [0.2, 0.25) is 0 Å². The summed E-state index contributed by atoms with van der Waals surface area (Å²) in [5.74, 6) is -3.64. The van der Waals surface area contributed by atoms with Crippen LogP contribution in [0.5, 0.6) is 17.2 Å². The number of ether oxygens (including phenoxy) is 2. The number of phenols is 3. The van der Waals surface area contributed by atoms with E-state index in [0.29, 0.717) is 0 Å². The van der Waals surface area contributed by atoms with Crippen LogP contribution >= 0.6 is 0 Å². The number of phenolic OH excluding ortho intramolecular Hbond substituents is 3. The molecular formula is C14H16O7. The van der Waals surface area contributed by atoms with Gasteiger partial charge in [-0.3, -0.25) is 0 Å². The van der Waals surface area contributed by atoms with Crippen molar-refractivity contribution in [2.75, 3.05) is 13.2 Å². The van der Waals surface area contributed by atoms with Gasteiger partial charge < -0.3 is 24.8 Å². The largest absolute Gasteiger partial charge is 0.504 e. The summed E-state index contributed by atoms with van der Waals surface area (Å²) in [4.78, 5) is 23.5. The van der Waals surface area contributed by atoms with Crippen molar-refractivity contribution in [3.05, 3.63) is 23.3 Å². The highest BCUT2D eigenvalue weighted by molar-refractivity contribution is 6.17. The van der Waals surface area contributed by atoms with E-state index in [2.05, 4.69) is 0 Å². The van der Waals surface area contributed by atoms with Gasteiger partial charge in [-0.25, -0.2) is 9.59 Å². The van der Waals surface area contributed by atoms with Crippen molar-refractivity contribution in [1.82, 2.24) is 0 Å². The zero-order valence-electron chi connectivity index (χ0n) is 11.6. The van der Waals surface area contributed by atoms with Gasteiger partial charge >= 0.3 is 11.9 Å². The zero-order chi connectivity index (χ0) is 16.0. The molecule has 0 aliphatic carbocycles. The molecule has 0 spiro atoms. The van der Waals surface area contributed by atoms with E-state index in [9.17, 15) is 24.9 Å². The Balaban J connectivity index is 3.24. The summed E-state index contributed by atoms with van der Waals surface area (Å²) in [6.45, 7) is 3.31. The zero-order valence-corrected chi connectivity index (χ0v) is 11.6. The van der Waals surface area contributed by atoms with Gasteiger partial charge in [0.2, 0.25) is 0 Å². The van der Waals surface area contributed by atoms with Gasteiger partial charge in [0.05, 0.1) is 13.2 Å². The van der Waals surface area contributed by atoms with Crippen LogP contribution in [-0.4, -0.2) is 40.5 Å². The Hall–Kier alpha value is -2.70. The molecule has 0 unspecified atom stereocenters. The van der Waals surface area contributed by atoms with Crippen LogP contribution in [0.4, 0.5) is 0 Å². The van der Waals surface area contributed by atoms with Gasteiger partial charge in [-0.15, -0.1) is 0 Å². The molecule has 7 nitrogen and oxygen atoms in total. The molecule has 0 saturated carbocycles. The molecule has 0 aliphatic rings. The van der Waals surface area contributed by atoms with Gasteiger partial charge in [0.25, 0.3) is 0 Å². The average molecular weight is 296 g/mol. The molecule has 21 heavy (non-hydrogen) atoms. The number of carbonyl (C=O) groups excluding carboxylic acids is 2. The standard InChI is InChI=1S/C14H16O7/c1-3-20-13(18)9(14(19)21-4-2)5-8-6-10(15)12(17)11(16)7-8/h5-7,15-17H,3-4H2,1-2H3. The van der Waals surface area contributed by atoms with Crippen LogP contribution in [-0.2, 0) is 19.1 Å². The second-order valence-electron chi connectivity index (χ2n) is 3.91. The molecule has 0 aromatic heterocycles. The van der Waals surface area contributed by atoms with Crippen LogP contribution in [0, 0.1) is 0 Å². The number of hydrogen-bond donors (Lipinski definition) is 3. The fourth-order valence-electron chi connectivity index (χ4n) is 1.49. The minimum absolute atomic E-state index is 0.0711. The van der Waals surface area contributed by atoms with E-state index in [4.69, 9.17) is 9.47 Å². The van der Waals surface area contributed by atoms with Crippen molar-refractivity contribution in [3.8, 4) is 17.2 Å². The smallest absolute Gasteiger partial charge is 0.345 e. The lowest BCUT2D eigenvalue weighted by molar-refractivity contribution is -0.146. The third-order valence-electron chi connectivity index (χ3n) is 2.39. The molecule has 0 atom stereocenters. The van der Waals surface area contributed by atoms with Crippen LogP contribution in [0.15, 0.2) is 17.7 Å². The number of aromatic hydroxyl groups is 3. The Labute approximate surface area is 121 Å². The normalized spacial score (nSPS) is 9.81. The van der Waals surface area contributed by atoms with Crippen LogP contribution in [0.25, 0.3) is 6.08 Å². The second kappa shape index (κ2) is 7.18. The molecule has 0 saturated heterocycles. The highest BCUT2D eigenvalue weighted by Gasteiger charge is 2.21. The molecule has 0 aliphatic heterocycles. The van der Waals surface area contributed by atoms with Gasteiger partial charge in [-0.2, -0.15) is 0 Å². The molecule has 0 amide bonds. The van der Waals surface area contributed by atoms with Crippen molar-refractivity contribution in [2.45, 2.75) is 13.8 Å². The maximum absolute atomic E-state index is 11.7. The highest BCUT2D eigenvalue weighted by Crippen LogP contribution is 2.36. The van der Waals surface area contributed by atoms with E-state index in [-0.39, 0.29) is 24.4 Å². The fourth-order valence-corrected chi connectivity index (χ4v) is 1.49. The summed E-state index contributed by atoms with van der Waals surface area (Å²) in [5.41, 5.74) is -0.262. The first-order valence-electron chi connectivity index (χ1n) is 6.21. The van der Waals surface area contributed by atoms with E-state index in [0.717, 1.165) is 18.2 Å². The summed E-state index contributed by atoms with van der Waals surface area (Å²) in [6, 6.07) is 2.15. The van der Waals surface area contributed by atoms with Gasteiger partial charge in [0.1, 0.15) is 5.57 Å². The fraction of sp³-hybridized carbons (Fsp3) is 0.286. The van der Waals surface area contributed by atoms with E-state index >= 15 is 0 Å². The molecule has 3 N–H and O–H groups in total. The van der Waals surface area contributed by atoms with Crippen molar-refractivity contribution in [3.63, 3.8) is 0 Å². The molecule has 0 heterocycles. The topological polar surface area (TPSA) is 113 Å².